The zero-order chi connectivity index (χ0) is 11.0. The molecule has 0 radical (unpaired) electrons. The van der Waals surface area contributed by atoms with Gasteiger partial charge in [0.2, 0.25) is 0 Å². The first-order valence-corrected chi connectivity index (χ1v) is 3.24. The van der Waals surface area contributed by atoms with Gasteiger partial charge in [-0.15, -0.1) is 0 Å². The number of carbonyl (C=O) groups excluding carboxylic acids is 2. The van der Waals surface area contributed by atoms with Gasteiger partial charge in [0.15, 0.2) is 5.39 Å². The van der Waals surface area contributed by atoms with E-state index in [1.54, 1.807) is 0 Å². The molecule has 0 spiro atoms. The van der Waals surface area contributed by atoms with Gasteiger partial charge in [-0.1, -0.05) is 0 Å². The Kier molecular flexibility index (Phi) is 5.38. The van der Waals surface area contributed by atoms with Crippen molar-refractivity contribution in [3.8, 4) is 12.1 Å². The van der Waals surface area contributed by atoms with E-state index >= 15 is 0 Å². The molecule has 0 saturated heterocycles. The normalized spacial score (nSPS) is 8.57. The predicted octanol–water partition coefficient (Wildman–Crippen LogP) is -0.579. The van der Waals surface area contributed by atoms with Crippen molar-refractivity contribution in [2.24, 2.45) is 0 Å². The van der Waals surface area contributed by atoms with Crippen LogP contribution in [0.2, 0.25) is 0 Å². The van der Waals surface area contributed by atoms with E-state index < -0.39 is 30.2 Å². The van der Waals surface area contributed by atoms with Crippen LogP contribution < -0.4 is 0 Å². The topological polar surface area (TPSA) is 124 Å². The molecule has 0 aromatic carbocycles. The number of hydrogen-bond donors (Lipinski definition) is 1. The van der Waals surface area contributed by atoms with Gasteiger partial charge in [-0.2, -0.15) is 10.5 Å². The lowest BCUT2D eigenvalue weighted by molar-refractivity contribution is -0.466. The minimum atomic E-state index is -1.10. The van der Waals surface area contributed by atoms with Crippen LogP contribution in [-0.2, 0) is 19.3 Å². The summed E-state index contributed by atoms with van der Waals surface area (Å²) in [5, 5.41) is 24.1. The second-order valence-corrected chi connectivity index (χ2v) is 1.83. The van der Waals surface area contributed by atoms with E-state index in [0.29, 0.717) is 0 Å². The van der Waals surface area contributed by atoms with E-state index in [2.05, 4.69) is 9.68 Å². The molecule has 0 bridgehead atoms. The fourth-order valence-corrected chi connectivity index (χ4v) is 0.386. The summed E-state index contributed by atoms with van der Waals surface area (Å²) in [5.41, 5.74) is 0. The van der Waals surface area contributed by atoms with E-state index in [1.807, 2.05) is 0 Å². The van der Waals surface area contributed by atoms with E-state index in [-0.39, 0.29) is 0 Å². The number of hydrogen-bond acceptors (Lipinski definition) is 8. The van der Waals surface area contributed by atoms with Crippen molar-refractivity contribution in [3.05, 3.63) is 0 Å². The molecule has 8 nitrogen and oxygen atoms in total. The second kappa shape index (κ2) is 6.37. The van der Waals surface area contributed by atoms with Gasteiger partial charge in [-0.3, -0.25) is 0 Å². The molecular weight excluding hydrogens is 194 g/mol. The van der Waals surface area contributed by atoms with Gasteiger partial charge in [0, 0.05) is 0 Å². The van der Waals surface area contributed by atoms with Crippen LogP contribution in [0.25, 0.3) is 0 Å². The summed E-state index contributed by atoms with van der Waals surface area (Å²) in [6.07, 6.45) is -1.21. The molecule has 0 aliphatic heterocycles. The fourth-order valence-electron chi connectivity index (χ4n) is 0.386. The maximum absolute atomic E-state index is 10.5. The Morgan fingerprint density at radius 1 is 1.14 bits per heavy atom. The number of rotatable bonds is 4. The molecule has 0 aromatic heterocycles. The molecule has 1 N–H and O–H groups in total. The average Bonchev–Trinajstić information content (AvgIpc) is 2.03. The lowest BCUT2D eigenvalue weighted by atomic mass is 10.5. The molecule has 0 rings (SSSR count). The molecule has 0 heterocycles. The molecule has 14 heavy (non-hydrogen) atoms. The predicted molar refractivity (Wildman–Crippen MR) is 36.3 cm³/mol. The van der Waals surface area contributed by atoms with Crippen LogP contribution in [0.4, 0.5) is 0 Å². The first kappa shape index (κ1) is 11.8. The van der Waals surface area contributed by atoms with Crippen molar-refractivity contribution in [3.63, 3.8) is 0 Å². The van der Waals surface area contributed by atoms with Gasteiger partial charge < -0.3 is 9.68 Å². The maximum atomic E-state index is 10.5. The zero-order valence-corrected chi connectivity index (χ0v) is 6.84. The monoisotopic (exact) mass is 199 g/mol. The molecule has 74 valence electrons. The first-order chi connectivity index (χ1) is 6.60. The summed E-state index contributed by atoms with van der Waals surface area (Å²) in [5.74, 6) is -2.19. The number of nitrogens with zero attached hydrogens (tertiary/aromatic N) is 3. The van der Waals surface area contributed by atoms with E-state index in [4.69, 9.17) is 15.7 Å². The Labute approximate surface area is 78.3 Å². The summed E-state index contributed by atoms with van der Waals surface area (Å²) >= 11 is 0. The van der Waals surface area contributed by atoms with Crippen LogP contribution in [-0.4, -0.2) is 22.5 Å². The van der Waals surface area contributed by atoms with E-state index in [1.165, 1.54) is 12.1 Å². The highest BCUT2D eigenvalue weighted by Gasteiger charge is 2.13. The summed E-state index contributed by atoms with van der Waals surface area (Å²) in [6, 6.07) is 2.89. The molecule has 0 amide bonds. The molecule has 0 fully saturated rings. The van der Waals surface area contributed by atoms with Crippen molar-refractivity contribution in [1.82, 2.24) is 5.39 Å². The summed E-state index contributed by atoms with van der Waals surface area (Å²) in [4.78, 5) is 28.7. The van der Waals surface area contributed by atoms with Gasteiger partial charge in [-0.05, 0) is 0 Å². The summed E-state index contributed by atoms with van der Waals surface area (Å²) in [7, 11) is 0. The highest BCUT2D eigenvalue weighted by molar-refractivity contribution is 5.72. The molecule has 0 atom stereocenters. The van der Waals surface area contributed by atoms with Crippen LogP contribution in [0.3, 0.4) is 0 Å². The van der Waals surface area contributed by atoms with Crippen LogP contribution in [0.5, 0.6) is 0 Å². The Balaban J connectivity index is 3.82. The van der Waals surface area contributed by atoms with E-state index in [9.17, 15) is 9.59 Å². The first-order valence-electron chi connectivity index (χ1n) is 3.24. The van der Waals surface area contributed by atoms with Gasteiger partial charge in [0.1, 0.15) is 12.8 Å². The number of nitriles is 2. The Hall–Kier alpha value is -2.16. The fraction of sp³-hybridized carbons (Fsp3) is 0.333. The molecule has 8 heteroatoms. The largest absolute Gasteiger partial charge is 0.345 e. The van der Waals surface area contributed by atoms with Crippen LogP contribution >= 0.6 is 0 Å². The van der Waals surface area contributed by atoms with Gasteiger partial charge in [0.05, 0.1) is 12.1 Å². The maximum Gasteiger partial charge on any atom is 0.345 e. The van der Waals surface area contributed by atoms with Gasteiger partial charge >= 0.3 is 11.9 Å². The molecule has 0 aromatic rings. The van der Waals surface area contributed by atoms with Gasteiger partial charge in [-0.25, -0.2) is 14.8 Å². The van der Waals surface area contributed by atoms with Crippen molar-refractivity contribution in [2.75, 3.05) is 0 Å². The minimum absolute atomic E-state index is 0.501. The smallest absolute Gasteiger partial charge is 0.308 e. The van der Waals surface area contributed by atoms with Crippen molar-refractivity contribution >= 4 is 11.9 Å². The quantitative estimate of drug-likeness (QED) is 0.596. The van der Waals surface area contributed by atoms with Crippen LogP contribution in [0.15, 0.2) is 0 Å². The third-order valence-corrected chi connectivity index (χ3v) is 0.807. The minimum Gasteiger partial charge on any atom is -0.308 e. The SMILES string of the molecule is N#CCC(=O)ON(O)OC(=O)CC#N. The Morgan fingerprint density at radius 2 is 1.50 bits per heavy atom. The summed E-state index contributed by atoms with van der Waals surface area (Å²) in [6.45, 7) is 0. The van der Waals surface area contributed by atoms with E-state index in [0.717, 1.165) is 0 Å². The lowest BCUT2D eigenvalue weighted by Crippen LogP contribution is -2.26. The van der Waals surface area contributed by atoms with Crippen molar-refractivity contribution in [1.29, 1.82) is 10.5 Å². The molecule has 0 saturated carbocycles. The molecule has 0 aliphatic rings. The number of carbonyl (C=O) groups is 2. The second-order valence-electron chi connectivity index (χ2n) is 1.83. The average molecular weight is 199 g/mol. The third kappa shape index (κ3) is 5.49. The zero-order valence-electron chi connectivity index (χ0n) is 6.84. The van der Waals surface area contributed by atoms with Gasteiger partial charge in [0.25, 0.3) is 0 Å². The third-order valence-electron chi connectivity index (χ3n) is 0.807. The standard InChI is InChI=1S/C6H5N3O5/c7-3-1-5(10)13-9(12)14-6(11)2-4-8/h12H,1-2H2. The molecule has 0 unspecified atom stereocenters. The van der Waals surface area contributed by atoms with Crippen molar-refractivity contribution in [2.45, 2.75) is 12.8 Å². The van der Waals surface area contributed by atoms with Crippen molar-refractivity contribution < 1.29 is 24.5 Å². The van der Waals surface area contributed by atoms with Crippen LogP contribution in [0, 0.1) is 22.7 Å². The lowest BCUT2D eigenvalue weighted by Gasteiger charge is -2.09. The highest BCUT2D eigenvalue weighted by Crippen LogP contribution is 1.93. The highest BCUT2D eigenvalue weighted by atomic mass is 17.1. The molecular formula is C6H5N3O5. The Bertz CT molecular complexity index is 272. The Morgan fingerprint density at radius 3 is 1.79 bits per heavy atom. The molecule has 0 aliphatic carbocycles. The van der Waals surface area contributed by atoms with Crippen LogP contribution in [0.1, 0.15) is 12.8 Å². The summed E-state index contributed by atoms with van der Waals surface area (Å²) < 4.78 is 0.